The SMILES string of the molecule is COc1ccc(Br)c(/C=C2/NC(=S)NC2=O)c1. The largest absolute Gasteiger partial charge is 0.497 e. The summed E-state index contributed by atoms with van der Waals surface area (Å²) in [5, 5.41) is 5.61. The van der Waals surface area contributed by atoms with Gasteiger partial charge in [-0.2, -0.15) is 0 Å². The molecule has 0 aromatic heterocycles. The molecule has 0 unspecified atom stereocenters. The third-order valence-electron chi connectivity index (χ3n) is 2.22. The van der Waals surface area contributed by atoms with Gasteiger partial charge in [-0.05, 0) is 42.1 Å². The van der Waals surface area contributed by atoms with Crippen molar-refractivity contribution in [2.24, 2.45) is 0 Å². The molecule has 0 aliphatic carbocycles. The molecule has 0 radical (unpaired) electrons. The minimum absolute atomic E-state index is 0.232. The second kappa shape index (κ2) is 4.85. The number of thiocarbonyl (C=S) groups is 1. The van der Waals surface area contributed by atoms with E-state index in [1.807, 2.05) is 18.2 Å². The molecule has 2 N–H and O–H groups in total. The minimum Gasteiger partial charge on any atom is -0.497 e. The molecule has 2 rings (SSSR count). The van der Waals surface area contributed by atoms with E-state index in [0.717, 1.165) is 15.8 Å². The van der Waals surface area contributed by atoms with Crippen LogP contribution in [0.2, 0.25) is 0 Å². The quantitative estimate of drug-likeness (QED) is 0.646. The van der Waals surface area contributed by atoms with E-state index in [1.165, 1.54) is 0 Å². The number of benzene rings is 1. The maximum Gasteiger partial charge on any atom is 0.273 e. The molecule has 88 valence electrons. The first-order valence-electron chi connectivity index (χ1n) is 4.77. The summed E-state index contributed by atoms with van der Waals surface area (Å²) in [6, 6.07) is 5.52. The van der Waals surface area contributed by atoms with Crippen LogP contribution in [0.5, 0.6) is 5.75 Å². The van der Waals surface area contributed by atoms with Crippen LogP contribution in [0.25, 0.3) is 6.08 Å². The topological polar surface area (TPSA) is 50.4 Å². The molecule has 1 aromatic rings. The lowest BCUT2D eigenvalue weighted by molar-refractivity contribution is -0.115. The molecule has 6 heteroatoms. The van der Waals surface area contributed by atoms with Gasteiger partial charge < -0.3 is 10.1 Å². The van der Waals surface area contributed by atoms with E-state index in [1.54, 1.807) is 13.2 Å². The number of halogens is 1. The number of rotatable bonds is 2. The first-order valence-corrected chi connectivity index (χ1v) is 5.98. The first kappa shape index (κ1) is 12.1. The average Bonchev–Trinajstić information content (AvgIpc) is 2.60. The van der Waals surface area contributed by atoms with Gasteiger partial charge in [0.15, 0.2) is 5.11 Å². The van der Waals surface area contributed by atoms with E-state index < -0.39 is 0 Å². The van der Waals surface area contributed by atoms with Crippen LogP contribution in [0, 0.1) is 0 Å². The van der Waals surface area contributed by atoms with Gasteiger partial charge in [-0.3, -0.25) is 10.1 Å². The second-order valence-electron chi connectivity index (χ2n) is 3.35. The Labute approximate surface area is 112 Å². The maximum absolute atomic E-state index is 11.5. The number of hydrogen-bond donors (Lipinski definition) is 2. The predicted octanol–water partition coefficient (Wildman–Crippen LogP) is 1.80. The summed E-state index contributed by atoms with van der Waals surface area (Å²) in [5.41, 5.74) is 1.26. The molecule has 4 nitrogen and oxygen atoms in total. The second-order valence-corrected chi connectivity index (χ2v) is 4.62. The highest BCUT2D eigenvalue weighted by molar-refractivity contribution is 9.10. The molecule has 0 spiro atoms. The van der Waals surface area contributed by atoms with Gasteiger partial charge in [0.25, 0.3) is 5.91 Å². The fourth-order valence-electron chi connectivity index (χ4n) is 1.40. The van der Waals surface area contributed by atoms with Crippen molar-refractivity contribution in [1.82, 2.24) is 10.6 Å². The molecule has 1 aliphatic heterocycles. The summed E-state index contributed by atoms with van der Waals surface area (Å²) in [5.74, 6) is 0.491. The maximum atomic E-state index is 11.5. The van der Waals surface area contributed by atoms with Crippen LogP contribution in [0.4, 0.5) is 0 Å². The fourth-order valence-corrected chi connectivity index (χ4v) is 1.96. The van der Waals surface area contributed by atoms with Gasteiger partial charge in [0.05, 0.1) is 7.11 Å². The zero-order chi connectivity index (χ0) is 12.4. The Morgan fingerprint density at radius 3 is 2.76 bits per heavy atom. The van der Waals surface area contributed by atoms with Crippen LogP contribution >= 0.6 is 28.1 Å². The van der Waals surface area contributed by atoms with Crippen molar-refractivity contribution < 1.29 is 9.53 Å². The highest BCUT2D eigenvalue weighted by Crippen LogP contribution is 2.24. The first-order chi connectivity index (χ1) is 8.10. The van der Waals surface area contributed by atoms with E-state index in [9.17, 15) is 4.79 Å². The monoisotopic (exact) mass is 312 g/mol. The van der Waals surface area contributed by atoms with Crippen LogP contribution in [-0.2, 0) is 4.79 Å². The van der Waals surface area contributed by atoms with E-state index in [-0.39, 0.29) is 5.91 Å². The van der Waals surface area contributed by atoms with Crippen LogP contribution in [0.1, 0.15) is 5.56 Å². The molecule has 0 bridgehead atoms. The highest BCUT2D eigenvalue weighted by Gasteiger charge is 2.20. The van der Waals surface area contributed by atoms with Gasteiger partial charge >= 0.3 is 0 Å². The van der Waals surface area contributed by atoms with E-state index in [0.29, 0.717) is 10.8 Å². The van der Waals surface area contributed by atoms with Crippen molar-refractivity contribution in [3.8, 4) is 5.75 Å². The fraction of sp³-hybridized carbons (Fsp3) is 0.0909. The molecule has 1 fully saturated rings. The van der Waals surface area contributed by atoms with Crippen molar-refractivity contribution in [2.45, 2.75) is 0 Å². The Morgan fingerprint density at radius 2 is 2.18 bits per heavy atom. The van der Waals surface area contributed by atoms with Crippen LogP contribution in [0.3, 0.4) is 0 Å². The Hall–Kier alpha value is -1.40. The van der Waals surface area contributed by atoms with E-state index in [2.05, 4.69) is 26.6 Å². The number of nitrogens with one attached hydrogen (secondary N) is 2. The molecule has 1 aliphatic rings. The summed E-state index contributed by atoms with van der Waals surface area (Å²) in [4.78, 5) is 11.5. The Bertz CT molecular complexity index is 528. The van der Waals surface area contributed by atoms with Crippen molar-refractivity contribution >= 4 is 45.2 Å². The molecule has 0 atom stereocenters. The number of hydrogen-bond acceptors (Lipinski definition) is 3. The highest BCUT2D eigenvalue weighted by atomic mass is 79.9. The zero-order valence-electron chi connectivity index (χ0n) is 8.91. The molecule has 1 amide bonds. The summed E-state index contributed by atoms with van der Waals surface area (Å²) >= 11 is 8.26. The molecule has 17 heavy (non-hydrogen) atoms. The van der Waals surface area contributed by atoms with Gasteiger partial charge in [-0.25, -0.2) is 0 Å². The molecule has 1 heterocycles. The number of amides is 1. The normalized spacial score (nSPS) is 16.9. The Balaban J connectivity index is 2.38. The zero-order valence-corrected chi connectivity index (χ0v) is 11.3. The molecule has 1 saturated heterocycles. The van der Waals surface area contributed by atoms with Crippen molar-refractivity contribution in [3.63, 3.8) is 0 Å². The molecular weight excluding hydrogens is 304 g/mol. The third kappa shape index (κ3) is 2.65. The number of carbonyl (C=O) groups excluding carboxylic acids is 1. The third-order valence-corrected chi connectivity index (χ3v) is 3.15. The Kier molecular flexibility index (Phi) is 3.44. The minimum atomic E-state index is -0.232. The Morgan fingerprint density at radius 1 is 1.41 bits per heavy atom. The van der Waals surface area contributed by atoms with Crippen LogP contribution < -0.4 is 15.4 Å². The lowest BCUT2D eigenvalue weighted by Gasteiger charge is -2.04. The number of methoxy groups -OCH3 is 1. The summed E-state index contributed by atoms with van der Waals surface area (Å²) < 4.78 is 6.00. The van der Waals surface area contributed by atoms with Gasteiger partial charge in [-0.1, -0.05) is 15.9 Å². The van der Waals surface area contributed by atoms with Gasteiger partial charge in [0, 0.05) is 4.47 Å². The van der Waals surface area contributed by atoms with Crippen molar-refractivity contribution in [3.05, 3.63) is 33.9 Å². The van der Waals surface area contributed by atoms with Crippen molar-refractivity contribution in [1.29, 1.82) is 0 Å². The number of ether oxygens (including phenoxy) is 1. The van der Waals surface area contributed by atoms with Crippen molar-refractivity contribution in [2.75, 3.05) is 7.11 Å². The van der Waals surface area contributed by atoms with Crippen LogP contribution in [-0.4, -0.2) is 18.1 Å². The molecular formula is C11H9BrN2O2S. The van der Waals surface area contributed by atoms with Gasteiger partial charge in [-0.15, -0.1) is 0 Å². The van der Waals surface area contributed by atoms with Gasteiger partial charge in [0.1, 0.15) is 11.4 Å². The average molecular weight is 313 g/mol. The summed E-state index contributed by atoms with van der Waals surface area (Å²) in [6.07, 6.45) is 1.71. The van der Waals surface area contributed by atoms with E-state index in [4.69, 9.17) is 17.0 Å². The van der Waals surface area contributed by atoms with E-state index >= 15 is 0 Å². The smallest absolute Gasteiger partial charge is 0.273 e. The predicted molar refractivity (Wildman–Crippen MR) is 72.5 cm³/mol. The summed E-state index contributed by atoms with van der Waals surface area (Å²) in [7, 11) is 1.59. The lowest BCUT2D eigenvalue weighted by atomic mass is 10.2. The summed E-state index contributed by atoms with van der Waals surface area (Å²) in [6.45, 7) is 0. The van der Waals surface area contributed by atoms with Crippen LogP contribution in [0.15, 0.2) is 28.4 Å². The van der Waals surface area contributed by atoms with Gasteiger partial charge in [0.2, 0.25) is 0 Å². The number of carbonyl (C=O) groups is 1. The standard InChI is InChI=1S/C11H9BrN2O2S/c1-16-7-2-3-8(12)6(4-7)5-9-10(15)14-11(17)13-9/h2-5H,1H3,(H2,13,14,15,17)/b9-5+. The molecule has 0 saturated carbocycles. The lowest BCUT2D eigenvalue weighted by Crippen LogP contribution is -2.21. The molecule has 1 aromatic carbocycles.